The molecule has 94 valence electrons. The molecule has 0 radical (unpaired) electrons. The fourth-order valence-electron chi connectivity index (χ4n) is 2.52. The Morgan fingerprint density at radius 1 is 1.35 bits per heavy atom. The summed E-state index contributed by atoms with van der Waals surface area (Å²) in [6.07, 6.45) is 5.28. The molecule has 1 saturated heterocycles. The summed E-state index contributed by atoms with van der Waals surface area (Å²) in [6, 6.07) is 0.602. The highest BCUT2D eigenvalue weighted by molar-refractivity contribution is 5.29. The van der Waals surface area contributed by atoms with Crippen molar-refractivity contribution in [2.45, 2.75) is 31.7 Å². The second kappa shape index (κ2) is 4.60. The van der Waals surface area contributed by atoms with E-state index < -0.39 is 0 Å². The Kier molecular flexibility index (Phi) is 2.96. The van der Waals surface area contributed by atoms with E-state index in [0.29, 0.717) is 6.04 Å². The minimum atomic E-state index is 0.602. The lowest BCUT2D eigenvalue weighted by atomic mass is 10.2. The number of aryl methyl sites for hydroxylation is 1. The lowest BCUT2D eigenvalue weighted by Crippen LogP contribution is -2.40. The fourth-order valence-corrected chi connectivity index (χ4v) is 2.52. The van der Waals surface area contributed by atoms with Crippen LogP contribution in [0.4, 0.5) is 5.95 Å². The highest BCUT2D eigenvalue weighted by atomic mass is 15.6. The van der Waals surface area contributed by atoms with Gasteiger partial charge in [-0.2, -0.15) is 0 Å². The third kappa shape index (κ3) is 2.57. The topological polar surface area (TPSA) is 58.9 Å². The Morgan fingerprint density at radius 2 is 2.24 bits per heavy atom. The molecule has 0 bridgehead atoms. The number of hydrogen-bond acceptors (Lipinski definition) is 5. The number of hydrogen-bond donors (Lipinski definition) is 1. The van der Waals surface area contributed by atoms with E-state index in [2.05, 4.69) is 25.7 Å². The number of aromatic nitrogens is 4. The van der Waals surface area contributed by atoms with Crippen LogP contribution < -0.4 is 10.2 Å². The largest absolute Gasteiger partial charge is 0.338 e. The van der Waals surface area contributed by atoms with E-state index >= 15 is 0 Å². The van der Waals surface area contributed by atoms with E-state index in [-0.39, 0.29) is 0 Å². The van der Waals surface area contributed by atoms with Gasteiger partial charge in [0.05, 0.1) is 0 Å². The number of nitrogens with one attached hydrogen (secondary N) is 1. The summed E-state index contributed by atoms with van der Waals surface area (Å²) in [5, 5.41) is 15.4. The van der Waals surface area contributed by atoms with Crippen LogP contribution in [0.5, 0.6) is 0 Å². The molecule has 1 atom stereocenters. The first-order valence-corrected chi connectivity index (χ1v) is 6.53. The lowest BCUT2D eigenvalue weighted by Gasteiger charge is -2.25. The van der Waals surface area contributed by atoms with E-state index in [9.17, 15) is 0 Å². The van der Waals surface area contributed by atoms with Gasteiger partial charge in [0.2, 0.25) is 5.95 Å². The van der Waals surface area contributed by atoms with Crippen LogP contribution in [0.25, 0.3) is 0 Å². The minimum absolute atomic E-state index is 0.602. The van der Waals surface area contributed by atoms with Crippen LogP contribution in [0.1, 0.15) is 25.7 Å². The summed E-state index contributed by atoms with van der Waals surface area (Å²) in [6.45, 7) is 3.29. The van der Waals surface area contributed by atoms with Gasteiger partial charge in [0.25, 0.3) is 0 Å². The molecule has 0 amide bonds. The summed E-state index contributed by atoms with van der Waals surface area (Å²) in [5.41, 5.74) is 0. The van der Waals surface area contributed by atoms with Gasteiger partial charge in [-0.15, -0.1) is 0 Å². The Bertz CT molecular complexity index is 366. The SMILES string of the molecule is Cn1nnnc1N(CC1CC1)CC1CCCN1. The van der Waals surface area contributed by atoms with Crippen LogP contribution in [0, 0.1) is 5.92 Å². The minimum Gasteiger partial charge on any atom is -0.338 e. The predicted octanol–water partition coefficient (Wildman–Crippen LogP) is 0.178. The van der Waals surface area contributed by atoms with Crippen molar-refractivity contribution in [1.29, 1.82) is 0 Å². The van der Waals surface area contributed by atoms with Crippen molar-refractivity contribution in [3.05, 3.63) is 0 Å². The molecule has 1 aliphatic heterocycles. The molecule has 1 aliphatic carbocycles. The summed E-state index contributed by atoms with van der Waals surface area (Å²) < 4.78 is 1.78. The van der Waals surface area contributed by atoms with Crippen molar-refractivity contribution in [3.63, 3.8) is 0 Å². The molecular weight excluding hydrogens is 216 g/mol. The molecule has 0 spiro atoms. The smallest absolute Gasteiger partial charge is 0.245 e. The molecule has 1 aromatic heterocycles. The molecule has 1 unspecified atom stereocenters. The molecule has 6 heteroatoms. The summed E-state index contributed by atoms with van der Waals surface area (Å²) in [7, 11) is 1.91. The van der Waals surface area contributed by atoms with Crippen LogP contribution in [0.2, 0.25) is 0 Å². The Labute approximate surface area is 101 Å². The maximum absolute atomic E-state index is 4.14. The van der Waals surface area contributed by atoms with Crippen molar-refractivity contribution in [2.75, 3.05) is 24.5 Å². The number of rotatable bonds is 5. The highest BCUT2D eigenvalue weighted by Crippen LogP contribution is 2.31. The van der Waals surface area contributed by atoms with E-state index in [1.54, 1.807) is 4.68 Å². The summed E-state index contributed by atoms with van der Waals surface area (Å²) >= 11 is 0. The Morgan fingerprint density at radius 3 is 2.82 bits per heavy atom. The quantitative estimate of drug-likeness (QED) is 0.790. The molecule has 6 nitrogen and oxygen atoms in total. The average molecular weight is 236 g/mol. The first-order chi connectivity index (χ1) is 8.33. The van der Waals surface area contributed by atoms with Crippen molar-refractivity contribution in [1.82, 2.24) is 25.5 Å². The standard InChI is InChI=1S/C11H20N6/c1-16-11(13-14-15-16)17(7-9-4-5-9)8-10-3-2-6-12-10/h9-10,12H,2-8H2,1H3. The maximum atomic E-state index is 4.14. The normalized spacial score (nSPS) is 24.2. The molecule has 1 N–H and O–H groups in total. The molecule has 1 aromatic rings. The van der Waals surface area contributed by atoms with Crippen molar-refractivity contribution < 1.29 is 0 Å². The lowest BCUT2D eigenvalue weighted by molar-refractivity contribution is 0.554. The second-order valence-corrected chi connectivity index (χ2v) is 5.24. The molecule has 2 aliphatic rings. The van der Waals surface area contributed by atoms with E-state index in [4.69, 9.17) is 0 Å². The molecule has 0 aromatic carbocycles. The van der Waals surface area contributed by atoms with Crippen LogP contribution >= 0.6 is 0 Å². The van der Waals surface area contributed by atoms with Gasteiger partial charge in [0.1, 0.15) is 0 Å². The van der Waals surface area contributed by atoms with Gasteiger partial charge in [-0.3, -0.25) is 0 Å². The van der Waals surface area contributed by atoms with Gasteiger partial charge in [0.15, 0.2) is 0 Å². The summed E-state index contributed by atoms with van der Waals surface area (Å²) in [5.74, 6) is 1.76. The van der Waals surface area contributed by atoms with Gasteiger partial charge >= 0.3 is 0 Å². The zero-order valence-corrected chi connectivity index (χ0v) is 10.3. The van der Waals surface area contributed by atoms with Gasteiger partial charge in [-0.1, -0.05) is 5.10 Å². The second-order valence-electron chi connectivity index (χ2n) is 5.24. The first-order valence-electron chi connectivity index (χ1n) is 6.53. The zero-order chi connectivity index (χ0) is 11.7. The van der Waals surface area contributed by atoms with Gasteiger partial charge < -0.3 is 10.2 Å². The maximum Gasteiger partial charge on any atom is 0.245 e. The third-order valence-electron chi connectivity index (χ3n) is 3.66. The van der Waals surface area contributed by atoms with Crippen LogP contribution in [0.3, 0.4) is 0 Å². The zero-order valence-electron chi connectivity index (χ0n) is 10.3. The van der Waals surface area contributed by atoms with Crippen LogP contribution in [-0.4, -0.2) is 45.9 Å². The molecule has 2 heterocycles. The Balaban J connectivity index is 1.69. The number of anilines is 1. The molecule has 2 fully saturated rings. The van der Waals surface area contributed by atoms with Gasteiger partial charge in [0, 0.05) is 26.2 Å². The van der Waals surface area contributed by atoms with E-state index in [1.807, 2.05) is 7.05 Å². The highest BCUT2D eigenvalue weighted by Gasteiger charge is 2.28. The molecule has 3 rings (SSSR count). The van der Waals surface area contributed by atoms with Crippen LogP contribution in [0.15, 0.2) is 0 Å². The van der Waals surface area contributed by atoms with Crippen molar-refractivity contribution in [3.8, 4) is 0 Å². The molecule has 1 saturated carbocycles. The average Bonchev–Trinajstić information content (AvgIpc) is 2.80. The van der Waals surface area contributed by atoms with E-state index in [1.165, 1.54) is 25.7 Å². The third-order valence-corrected chi connectivity index (χ3v) is 3.66. The molecular formula is C11H20N6. The van der Waals surface area contributed by atoms with E-state index in [0.717, 1.165) is 31.5 Å². The van der Waals surface area contributed by atoms with Crippen LogP contribution in [-0.2, 0) is 7.05 Å². The predicted molar refractivity (Wildman–Crippen MR) is 64.8 cm³/mol. The molecule has 17 heavy (non-hydrogen) atoms. The van der Waals surface area contributed by atoms with Crippen molar-refractivity contribution in [2.24, 2.45) is 13.0 Å². The number of nitrogens with zero attached hydrogens (tertiary/aromatic N) is 5. The van der Waals surface area contributed by atoms with Gasteiger partial charge in [-0.05, 0) is 48.6 Å². The number of tetrazole rings is 1. The van der Waals surface area contributed by atoms with Crippen molar-refractivity contribution >= 4 is 5.95 Å². The Hall–Kier alpha value is -1.17. The van der Waals surface area contributed by atoms with Gasteiger partial charge in [-0.25, -0.2) is 4.68 Å². The monoisotopic (exact) mass is 236 g/mol. The first kappa shape index (κ1) is 11.0. The summed E-state index contributed by atoms with van der Waals surface area (Å²) in [4.78, 5) is 2.35. The fraction of sp³-hybridized carbons (Fsp3) is 0.909.